The van der Waals surface area contributed by atoms with Gasteiger partial charge in [-0.1, -0.05) is 6.92 Å². The lowest BCUT2D eigenvalue weighted by Crippen LogP contribution is -2.32. The summed E-state index contributed by atoms with van der Waals surface area (Å²) in [5, 5.41) is 9.83. The molecular weight excluding hydrogens is 150 g/mol. The molecule has 1 rings (SSSR count). The summed E-state index contributed by atoms with van der Waals surface area (Å²) in [5.74, 6) is 0. The molecule has 1 atom stereocenters. The quantitative estimate of drug-likeness (QED) is 0.733. The van der Waals surface area contributed by atoms with Crippen molar-refractivity contribution < 1.29 is 5.11 Å². The van der Waals surface area contributed by atoms with Crippen LogP contribution in [0.2, 0.25) is 0 Å². The Hall–Kier alpha value is -0.760. The largest absolute Gasteiger partial charge is 0.388 e. The summed E-state index contributed by atoms with van der Waals surface area (Å²) >= 11 is 0. The standard InChI is InChI=1S/C10H17NO/c1-4-9(10(2,3)12)11-7-5-6-8-11/h5-9,12H,4H2,1-3H3. The van der Waals surface area contributed by atoms with E-state index in [-0.39, 0.29) is 6.04 Å². The van der Waals surface area contributed by atoms with Crippen molar-refractivity contribution in [3.05, 3.63) is 24.5 Å². The van der Waals surface area contributed by atoms with E-state index in [2.05, 4.69) is 11.5 Å². The van der Waals surface area contributed by atoms with Crippen molar-refractivity contribution in [1.82, 2.24) is 4.57 Å². The van der Waals surface area contributed by atoms with Crippen molar-refractivity contribution in [2.75, 3.05) is 0 Å². The van der Waals surface area contributed by atoms with Crippen LogP contribution in [0.3, 0.4) is 0 Å². The monoisotopic (exact) mass is 167 g/mol. The van der Waals surface area contributed by atoms with E-state index in [1.165, 1.54) is 0 Å². The summed E-state index contributed by atoms with van der Waals surface area (Å²) in [6.45, 7) is 5.78. The molecule has 1 aromatic rings. The van der Waals surface area contributed by atoms with E-state index in [1.54, 1.807) is 0 Å². The van der Waals surface area contributed by atoms with Gasteiger partial charge < -0.3 is 9.67 Å². The molecule has 2 heteroatoms. The van der Waals surface area contributed by atoms with Gasteiger partial charge in [0.25, 0.3) is 0 Å². The molecule has 0 aliphatic carbocycles. The minimum absolute atomic E-state index is 0.174. The van der Waals surface area contributed by atoms with Crippen LogP contribution in [0.5, 0.6) is 0 Å². The average Bonchev–Trinajstić information content (AvgIpc) is 2.38. The Kier molecular flexibility index (Phi) is 2.58. The smallest absolute Gasteiger partial charge is 0.0797 e. The fourth-order valence-corrected chi connectivity index (χ4v) is 1.63. The van der Waals surface area contributed by atoms with Gasteiger partial charge in [-0.15, -0.1) is 0 Å². The van der Waals surface area contributed by atoms with Crippen molar-refractivity contribution in [1.29, 1.82) is 0 Å². The Bertz CT molecular complexity index is 220. The van der Waals surface area contributed by atoms with Crippen LogP contribution in [0, 0.1) is 0 Å². The Morgan fingerprint density at radius 3 is 2.17 bits per heavy atom. The molecule has 0 bridgehead atoms. The van der Waals surface area contributed by atoms with Gasteiger partial charge in [-0.25, -0.2) is 0 Å². The van der Waals surface area contributed by atoms with Crippen LogP contribution >= 0.6 is 0 Å². The van der Waals surface area contributed by atoms with Gasteiger partial charge in [0.2, 0.25) is 0 Å². The molecule has 0 amide bonds. The lowest BCUT2D eigenvalue weighted by molar-refractivity contribution is 0.0215. The zero-order chi connectivity index (χ0) is 9.19. The summed E-state index contributed by atoms with van der Waals surface area (Å²) in [6.07, 6.45) is 4.93. The average molecular weight is 167 g/mol. The van der Waals surface area contributed by atoms with Crippen LogP contribution in [0.25, 0.3) is 0 Å². The molecule has 0 aromatic carbocycles. The van der Waals surface area contributed by atoms with E-state index >= 15 is 0 Å². The molecule has 12 heavy (non-hydrogen) atoms. The van der Waals surface area contributed by atoms with Crippen molar-refractivity contribution in [3.63, 3.8) is 0 Å². The van der Waals surface area contributed by atoms with Crippen LogP contribution < -0.4 is 0 Å². The van der Waals surface area contributed by atoms with Crippen molar-refractivity contribution in [2.45, 2.75) is 38.8 Å². The fourth-order valence-electron chi connectivity index (χ4n) is 1.63. The molecule has 0 radical (unpaired) electrons. The molecule has 1 heterocycles. The molecule has 0 aliphatic rings. The first-order valence-corrected chi connectivity index (χ1v) is 4.40. The van der Waals surface area contributed by atoms with Crippen molar-refractivity contribution >= 4 is 0 Å². The Labute approximate surface area is 73.8 Å². The van der Waals surface area contributed by atoms with Gasteiger partial charge in [0.15, 0.2) is 0 Å². The van der Waals surface area contributed by atoms with Crippen LogP contribution in [-0.4, -0.2) is 15.3 Å². The predicted molar refractivity (Wildman–Crippen MR) is 50.1 cm³/mol. The molecule has 0 saturated carbocycles. The number of nitrogens with zero attached hydrogens (tertiary/aromatic N) is 1. The first-order chi connectivity index (χ1) is 5.55. The molecular formula is C10H17NO. The summed E-state index contributed by atoms with van der Waals surface area (Å²) in [6, 6.07) is 4.13. The van der Waals surface area contributed by atoms with E-state index in [4.69, 9.17) is 0 Å². The van der Waals surface area contributed by atoms with Gasteiger partial charge >= 0.3 is 0 Å². The highest BCUT2D eigenvalue weighted by Gasteiger charge is 2.25. The van der Waals surface area contributed by atoms with Gasteiger partial charge in [-0.3, -0.25) is 0 Å². The summed E-state index contributed by atoms with van der Waals surface area (Å²) < 4.78 is 2.06. The number of rotatable bonds is 3. The minimum Gasteiger partial charge on any atom is -0.388 e. The molecule has 1 N–H and O–H groups in total. The maximum Gasteiger partial charge on any atom is 0.0797 e. The maximum absolute atomic E-state index is 9.83. The van der Waals surface area contributed by atoms with Gasteiger partial charge in [0, 0.05) is 12.4 Å². The molecule has 68 valence electrons. The molecule has 0 spiro atoms. The summed E-state index contributed by atoms with van der Waals surface area (Å²) in [7, 11) is 0. The van der Waals surface area contributed by atoms with Gasteiger partial charge in [-0.05, 0) is 32.4 Å². The van der Waals surface area contributed by atoms with E-state index in [0.717, 1.165) is 6.42 Å². The first kappa shape index (κ1) is 9.33. The molecule has 2 nitrogen and oxygen atoms in total. The predicted octanol–water partition coefficient (Wildman–Crippen LogP) is 2.21. The first-order valence-electron chi connectivity index (χ1n) is 4.40. The topological polar surface area (TPSA) is 25.2 Å². The third-order valence-electron chi connectivity index (χ3n) is 2.19. The lowest BCUT2D eigenvalue weighted by atomic mass is 9.96. The fraction of sp³-hybridized carbons (Fsp3) is 0.600. The molecule has 1 aromatic heterocycles. The normalized spacial score (nSPS) is 14.7. The van der Waals surface area contributed by atoms with Crippen LogP contribution in [0.4, 0.5) is 0 Å². The highest BCUT2D eigenvalue weighted by Crippen LogP contribution is 2.24. The molecule has 1 unspecified atom stereocenters. The van der Waals surface area contributed by atoms with E-state index in [9.17, 15) is 5.11 Å². The van der Waals surface area contributed by atoms with Gasteiger partial charge in [-0.2, -0.15) is 0 Å². The zero-order valence-corrected chi connectivity index (χ0v) is 7.99. The van der Waals surface area contributed by atoms with Gasteiger partial charge in [0.05, 0.1) is 11.6 Å². The second-order valence-corrected chi connectivity index (χ2v) is 3.71. The molecule has 0 fully saturated rings. The van der Waals surface area contributed by atoms with Crippen LogP contribution in [0.15, 0.2) is 24.5 Å². The minimum atomic E-state index is -0.645. The maximum atomic E-state index is 9.83. The van der Waals surface area contributed by atoms with Gasteiger partial charge in [0.1, 0.15) is 0 Å². The Morgan fingerprint density at radius 1 is 1.33 bits per heavy atom. The summed E-state index contributed by atoms with van der Waals surface area (Å²) in [5.41, 5.74) is -0.645. The third kappa shape index (κ3) is 1.89. The zero-order valence-electron chi connectivity index (χ0n) is 7.99. The number of hydrogen-bond donors (Lipinski definition) is 1. The Balaban J connectivity index is 2.84. The van der Waals surface area contributed by atoms with Crippen LogP contribution in [-0.2, 0) is 0 Å². The highest BCUT2D eigenvalue weighted by molar-refractivity contribution is 4.96. The van der Waals surface area contributed by atoms with E-state index < -0.39 is 5.60 Å². The van der Waals surface area contributed by atoms with Crippen molar-refractivity contribution in [2.24, 2.45) is 0 Å². The SMILES string of the molecule is CCC(n1cccc1)C(C)(C)O. The number of aromatic nitrogens is 1. The number of hydrogen-bond acceptors (Lipinski definition) is 1. The lowest BCUT2D eigenvalue weighted by Gasteiger charge is -2.29. The summed E-state index contributed by atoms with van der Waals surface area (Å²) in [4.78, 5) is 0. The van der Waals surface area contributed by atoms with Crippen molar-refractivity contribution in [3.8, 4) is 0 Å². The second kappa shape index (κ2) is 3.31. The van der Waals surface area contributed by atoms with Crippen LogP contribution in [0.1, 0.15) is 33.2 Å². The molecule has 0 saturated heterocycles. The third-order valence-corrected chi connectivity index (χ3v) is 2.19. The Morgan fingerprint density at radius 2 is 1.83 bits per heavy atom. The number of aliphatic hydroxyl groups is 1. The molecule has 0 aliphatic heterocycles. The van der Waals surface area contributed by atoms with E-state index in [0.29, 0.717) is 0 Å². The highest BCUT2D eigenvalue weighted by atomic mass is 16.3. The van der Waals surface area contributed by atoms with E-state index in [1.807, 2.05) is 38.4 Å². The second-order valence-electron chi connectivity index (χ2n) is 3.71.